The minimum absolute atomic E-state index is 0.00672. The predicted molar refractivity (Wildman–Crippen MR) is 351 cm³/mol. The van der Waals surface area contributed by atoms with Crippen molar-refractivity contribution in [2.24, 2.45) is 0 Å². The molecule has 0 radical (unpaired) electrons. The number of carbonyl (C=O) groups is 2. The van der Waals surface area contributed by atoms with E-state index in [0.717, 1.165) is 25.9 Å². The van der Waals surface area contributed by atoms with Gasteiger partial charge in [0.25, 0.3) is 5.08 Å². The van der Waals surface area contributed by atoms with E-state index in [2.05, 4.69) is 51.1 Å². The first-order valence-electron chi connectivity index (χ1n) is 29.0. The van der Waals surface area contributed by atoms with Crippen molar-refractivity contribution in [3.8, 4) is 0 Å². The van der Waals surface area contributed by atoms with Gasteiger partial charge in [-0.15, -0.1) is 0 Å². The van der Waals surface area contributed by atoms with Gasteiger partial charge in [0.05, 0.1) is 18.5 Å². The van der Waals surface area contributed by atoms with Gasteiger partial charge in [-0.1, -0.05) is 103 Å². The molecule has 550 valence electrons. The summed E-state index contributed by atoms with van der Waals surface area (Å²) in [6.45, 7) is 31.3. The van der Waals surface area contributed by atoms with Gasteiger partial charge in [0, 0.05) is 80.4 Å². The SMILES string of the molecule is CC(C)NC(CCCCP(=O)(O)O)C(=O)O.CC(C)NC(CP(=O)(O)O)C(=O)O.CC(C)NCCCC(O)(P(=O)(O)O)P(=O)(O)O.CC(C)NCCCCP(=O)(O)O.CC(C)NCCCP(=O)(O)O.CC(C)NCCCP(C)(=O)O.CC(C)NCCP(=O)(O)O. The summed E-state index contributed by atoms with van der Waals surface area (Å²) in [5, 5.41) is 44.3. The van der Waals surface area contributed by atoms with Crippen molar-refractivity contribution in [3.05, 3.63) is 0 Å². The Balaban J connectivity index is -0.000000180. The van der Waals surface area contributed by atoms with Gasteiger partial charge in [0.15, 0.2) is 7.37 Å². The zero-order valence-corrected chi connectivity index (χ0v) is 62.2. The molecule has 0 bridgehead atoms. The number of unbranched alkanes of at least 4 members (excludes halogenated alkanes) is 2. The van der Waals surface area contributed by atoms with Crippen LogP contribution in [0.15, 0.2) is 0 Å². The number of aliphatic carboxylic acids is 2. The monoisotopic (exact) mass is 1480 g/mol. The van der Waals surface area contributed by atoms with E-state index >= 15 is 0 Å². The fraction of sp³-hybridized carbons (Fsp3) is 0.957. The second-order valence-electron chi connectivity index (χ2n) is 23.0. The normalized spacial score (nSPS) is 13.9. The third-order valence-electron chi connectivity index (χ3n) is 10.3. The summed E-state index contributed by atoms with van der Waals surface area (Å²) in [5.41, 5.74) is 0. The molecule has 0 aliphatic carbocycles. The molecule has 43 heteroatoms. The van der Waals surface area contributed by atoms with Gasteiger partial charge >= 0.3 is 65.1 Å². The summed E-state index contributed by atoms with van der Waals surface area (Å²) < 4.78 is 84.8. The summed E-state index contributed by atoms with van der Waals surface area (Å²) in [6.07, 6.45) is 2.76. The van der Waals surface area contributed by atoms with Crippen LogP contribution in [0, 0.1) is 0 Å². The maximum absolute atomic E-state index is 11.0. The van der Waals surface area contributed by atoms with Gasteiger partial charge in [-0.25, -0.2) is 0 Å². The number of carboxylic acids is 2. The van der Waals surface area contributed by atoms with Crippen LogP contribution in [0.1, 0.15) is 155 Å². The molecule has 0 aliphatic heterocycles. The Morgan fingerprint density at radius 3 is 0.900 bits per heavy atom. The Hall–Kier alpha value is -0.140. The van der Waals surface area contributed by atoms with Crippen LogP contribution in [0.5, 0.6) is 0 Å². The van der Waals surface area contributed by atoms with Crippen molar-refractivity contribution < 1.29 is 135 Å². The first-order valence-corrected chi connectivity index (χ1v) is 43.5. The third-order valence-corrected chi connectivity index (χ3v) is 19.7. The predicted octanol–water partition coefficient (Wildman–Crippen LogP) is 3.10. The molecule has 35 nitrogen and oxygen atoms in total. The van der Waals surface area contributed by atoms with Gasteiger partial charge in [0.2, 0.25) is 0 Å². The molecule has 0 amide bonds. The van der Waals surface area contributed by atoms with E-state index in [4.69, 9.17) is 83.6 Å². The Morgan fingerprint density at radius 1 is 0.344 bits per heavy atom. The Morgan fingerprint density at radius 2 is 0.622 bits per heavy atom. The molecule has 0 rings (SSSR count). The summed E-state index contributed by atoms with van der Waals surface area (Å²) in [5.74, 6) is -2.18. The van der Waals surface area contributed by atoms with Crippen LogP contribution in [-0.4, -0.2) is 236 Å². The topological polar surface area (TPSA) is 619 Å². The summed E-state index contributed by atoms with van der Waals surface area (Å²) in [7, 11) is -32.9. The number of hydrogen-bond acceptors (Lipinski definition) is 18. The molecule has 0 saturated carbocycles. The molecule has 0 aromatic carbocycles. The van der Waals surface area contributed by atoms with Crippen molar-refractivity contribution in [2.75, 3.05) is 76.4 Å². The van der Waals surface area contributed by atoms with Crippen molar-refractivity contribution in [2.45, 2.75) is 214 Å². The summed E-state index contributed by atoms with van der Waals surface area (Å²) in [4.78, 5) is 151. The summed E-state index contributed by atoms with van der Waals surface area (Å²) in [6, 6.07) is -0.190. The van der Waals surface area contributed by atoms with E-state index in [1.54, 1.807) is 13.8 Å². The number of aliphatic hydroxyl groups is 1. The molecule has 90 heavy (non-hydrogen) atoms. The van der Waals surface area contributed by atoms with Crippen molar-refractivity contribution in [1.29, 1.82) is 0 Å². The zero-order chi connectivity index (χ0) is 72.9. The smallest absolute Gasteiger partial charge is 0.369 e. The molecular formula is C47H119N7O28P8. The highest BCUT2D eigenvalue weighted by molar-refractivity contribution is 7.72. The molecule has 0 saturated heterocycles. The van der Waals surface area contributed by atoms with E-state index in [1.165, 1.54) is 6.66 Å². The average molecular weight is 1480 g/mol. The lowest BCUT2D eigenvalue weighted by Crippen LogP contribution is -2.43. The van der Waals surface area contributed by atoms with Gasteiger partial charge in [-0.3, -0.25) is 46.1 Å². The molecule has 0 aromatic heterocycles. The van der Waals surface area contributed by atoms with Crippen molar-refractivity contribution >= 4 is 72.5 Å². The Kier molecular flexibility index (Phi) is 60.8. The second kappa shape index (κ2) is 52.9. The van der Waals surface area contributed by atoms with Crippen LogP contribution >= 0.6 is 60.5 Å². The van der Waals surface area contributed by atoms with Gasteiger partial charge in [-0.05, 0) is 71.1 Å². The van der Waals surface area contributed by atoms with Crippen LogP contribution in [0.2, 0.25) is 0 Å². The average Bonchev–Trinajstić information content (AvgIpc) is 0.799. The number of nitrogens with one attached hydrogen (secondary N) is 7. The fourth-order valence-corrected chi connectivity index (χ4v) is 12.1. The van der Waals surface area contributed by atoms with Gasteiger partial charge < -0.3 is 126 Å². The number of rotatable bonds is 40. The van der Waals surface area contributed by atoms with Crippen LogP contribution in [0.4, 0.5) is 0 Å². The Bertz CT molecular complexity index is 2170. The van der Waals surface area contributed by atoms with E-state index in [1.807, 2.05) is 69.2 Å². The van der Waals surface area contributed by atoms with Crippen LogP contribution < -0.4 is 37.2 Å². The first kappa shape index (κ1) is 103. The maximum Gasteiger partial charge on any atom is 0.369 e. The molecule has 3 unspecified atom stereocenters. The second-order valence-corrected chi connectivity index (χ2v) is 38.4. The Labute approximate surface area is 533 Å². The first-order chi connectivity index (χ1) is 40.0. The van der Waals surface area contributed by atoms with Crippen molar-refractivity contribution in [1.82, 2.24) is 37.2 Å². The quantitative estimate of drug-likeness (QED) is 0.0309. The van der Waals surface area contributed by atoms with E-state index in [-0.39, 0.29) is 55.2 Å². The highest BCUT2D eigenvalue weighted by atomic mass is 31.2. The lowest BCUT2D eigenvalue weighted by atomic mass is 10.1. The highest BCUT2D eigenvalue weighted by Gasteiger charge is 2.58. The molecule has 0 heterocycles. The largest absolute Gasteiger partial charge is 0.480 e. The van der Waals surface area contributed by atoms with Gasteiger partial charge in [0.1, 0.15) is 12.1 Å². The molecule has 25 N–H and O–H groups in total. The molecule has 0 aliphatic rings. The molecule has 0 spiro atoms. The fourth-order valence-electron chi connectivity index (χ4n) is 6.14. The van der Waals surface area contributed by atoms with E-state index in [9.17, 15) is 51.2 Å². The zero-order valence-electron chi connectivity index (χ0n) is 55.0. The minimum atomic E-state index is -5.31. The van der Waals surface area contributed by atoms with E-state index < -0.39 is 102 Å². The number of hydrogen-bond donors (Lipinski definition) is 25. The molecule has 0 fully saturated rings. The van der Waals surface area contributed by atoms with Gasteiger partial charge in [-0.2, -0.15) is 0 Å². The standard InChI is InChI=1S/C9H20NO5P.C7H19NO7P2.C7H18NO3P.C7H18NO2P.C6H14NO5P.C6H16NO3P.C5H14NO3P/c1-7(2)10-8(9(11)12)5-3-4-6-16(13,14)15;1-6(2)8-5-3-4-7(9,16(10,11)12)17(13,14)15;1-7(2)8-5-3-4-6-12(9,10)11;1-7(2)8-5-4-6-11(3,9)10;1-4(2)7-5(6(8)9)3-13(10,11)12;1-6(2)7-4-3-5-11(8,9)10;1-5(2)6-3-4-10(7,8)9/h7-8,10H,3-6H2,1-2H3,(H,11,12)(H2,13,14,15);6,8-9H,3-5H2,1-2H3,(H2,10,11,12)(H2,13,14,15);7-8H,3-6H2,1-2H3,(H2,9,10,11);7-8H,4-6H2,1-3H3,(H,9,10);4-5,7H,3H2,1-2H3,(H,8,9)(H2,10,11,12);6-7H,3-5H2,1-2H3,(H2,8,9,10);5-6H,3-4H2,1-2H3,(H2,7,8,9). The molecule has 3 atom stereocenters. The van der Waals surface area contributed by atoms with Crippen LogP contribution in [0.3, 0.4) is 0 Å². The lowest BCUT2D eigenvalue weighted by Gasteiger charge is -2.29. The van der Waals surface area contributed by atoms with Crippen molar-refractivity contribution in [3.63, 3.8) is 0 Å². The molecular weight excluding hydrogens is 1360 g/mol. The van der Waals surface area contributed by atoms with Crippen LogP contribution in [-0.2, 0) is 46.1 Å². The lowest BCUT2D eigenvalue weighted by molar-refractivity contribution is -0.140. The number of carboxylic acid groups (broad SMARTS) is 2. The maximum atomic E-state index is 11.0. The van der Waals surface area contributed by atoms with Crippen LogP contribution in [0.25, 0.3) is 0 Å². The third kappa shape index (κ3) is 87.9. The minimum Gasteiger partial charge on any atom is -0.480 e. The highest BCUT2D eigenvalue weighted by Crippen LogP contribution is 2.69. The molecule has 0 aromatic rings. The summed E-state index contributed by atoms with van der Waals surface area (Å²) >= 11 is 0. The van der Waals surface area contributed by atoms with E-state index in [0.29, 0.717) is 76.0 Å².